The van der Waals surface area contributed by atoms with Gasteiger partial charge in [-0.3, -0.25) is 0 Å². The van der Waals surface area contributed by atoms with Gasteiger partial charge in [0.05, 0.1) is 7.11 Å². The summed E-state index contributed by atoms with van der Waals surface area (Å²) in [7, 11) is 7.66. The number of benzene rings is 1. The van der Waals surface area contributed by atoms with E-state index < -0.39 is 0 Å². The van der Waals surface area contributed by atoms with Crippen LogP contribution in [0.2, 0.25) is 0 Å². The van der Waals surface area contributed by atoms with Crippen molar-refractivity contribution in [3.05, 3.63) is 35.5 Å². The molecule has 7 nitrogen and oxygen atoms in total. The summed E-state index contributed by atoms with van der Waals surface area (Å²) in [6.07, 6.45) is 0. The van der Waals surface area contributed by atoms with Gasteiger partial charge in [-0.2, -0.15) is 4.98 Å². The summed E-state index contributed by atoms with van der Waals surface area (Å²) >= 11 is 0. The zero-order valence-electron chi connectivity index (χ0n) is 15.7. The molecule has 0 aliphatic rings. The second kappa shape index (κ2) is 9.19. The maximum atomic E-state index is 5.46. The molecule has 0 fully saturated rings. The van der Waals surface area contributed by atoms with Crippen LogP contribution in [0, 0.1) is 6.92 Å². The minimum Gasteiger partial charge on any atom is -0.496 e. The van der Waals surface area contributed by atoms with Crippen molar-refractivity contribution in [2.24, 2.45) is 0 Å². The summed E-state index contributed by atoms with van der Waals surface area (Å²) in [4.78, 5) is 11.0. The molecule has 2 aromatic rings. The number of likely N-dealkylation sites (N-methyl/N-ethyl adjacent to an activating group) is 1. The Labute approximate surface area is 149 Å². The van der Waals surface area contributed by atoms with Gasteiger partial charge in [-0.25, -0.2) is 4.98 Å². The first-order valence-electron chi connectivity index (χ1n) is 8.34. The quantitative estimate of drug-likeness (QED) is 0.602. The number of ether oxygens (including phenoxy) is 1. The average Bonchev–Trinajstić information content (AvgIpc) is 2.58. The topological polar surface area (TPSA) is 74.3 Å². The smallest absolute Gasteiger partial charge is 0.229 e. The second-order valence-corrected chi connectivity index (χ2v) is 6.10. The van der Waals surface area contributed by atoms with Crippen molar-refractivity contribution in [3.8, 4) is 5.75 Å². The van der Waals surface area contributed by atoms with Crippen molar-refractivity contribution in [1.29, 1.82) is 0 Å². The van der Waals surface area contributed by atoms with Crippen LogP contribution in [0.4, 0.5) is 17.5 Å². The first kappa shape index (κ1) is 19.0. The SMILES string of the molecule is CNc1cc(C)nc(Nc2ccc(OC)c(CNCCN(C)C)c2)n1. The van der Waals surface area contributed by atoms with Crippen molar-refractivity contribution in [2.45, 2.75) is 13.5 Å². The lowest BCUT2D eigenvalue weighted by molar-refractivity contribution is 0.392. The minimum atomic E-state index is 0.570. The highest BCUT2D eigenvalue weighted by Crippen LogP contribution is 2.24. The van der Waals surface area contributed by atoms with Crippen LogP contribution in [0.15, 0.2) is 24.3 Å². The Kier molecular flexibility index (Phi) is 6.97. The van der Waals surface area contributed by atoms with Gasteiger partial charge < -0.3 is 25.6 Å². The van der Waals surface area contributed by atoms with Gasteiger partial charge in [0.15, 0.2) is 0 Å². The van der Waals surface area contributed by atoms with E-state index >= 15 is 0 Å². The molecular weight excluding hydrogens is 316 g/mol. The van der Waals surface area contributed by atoms with Crippen LogP contribution >= 0.6 is 0 Å². The monoisotopic (exact) mass is 344 g/mol. The van der Waals surface area contributed by atoms with Gasteiger partial charge in [0, 0.05) is 49.7 Å². The van der Waals surface area contributed by atoms with Crippen LogP contribution in [-0.4, -0.2) is 56.2 Å². The first-order valence-corrected chi connectivity index (χ1v) is 8.34. The molecule has 1 aromatic carbocycles. The number of hydrogen-bond acceptors (Lipinski definition) is 7. The maximum Gasteiger partial charge on any atom is 0.229 e. The number of hydrogen-bond donors (Lipinski definition) is 3. The minimum absolute atomic E-state index is 0.570. The number of nitrogens with zero attached hydrogens (tertiary/aromatic N) is 3. The molecule has 0 atom stereocenters. The Bertz CT molecular complexity index is 689. The molecule has 25 heavy (non-hydrogen) atoms. The van der Waals surface area contributed by atoms with Crippen LogP contribution < -0.4 is 20.7 Å². The Balaban J connectivity index is 2.11. The summed E-state index contributed by atoms with van der Waals surface area (Å²) < 4.78 is 5.46. The van der Waals surface area contributed by atoms with E-state index in [0.717, 1.165) is 48.1 Å². The Morgan fingerprint density at radius 3 is 2.64 bits per heavy atom. The van der Waals surface area contributed by atoms with Crippen molar-refractivity contribution in [3.63, 3.8) is 0 Å². The molecule has 0 unspecified atom stereocenters. The van der Waals surface area contributed by atoms with Crippen LogP contribution in [0.25, 0.3) is 0 Å². The highest BCUT2D eigenvalue weighted by atomic mass is 16.5. The van der Waals surface area contributed by atoms with E-state index in [2.05, 4.69) is 51.0 Å². The van der Waals surface area contributed by atoms with Gasteiger partial charge in [0.1, 0.15) is 11.6 Å². The summed E-state index contributed by atoms with van der Waals surface area (Å²) in [5.41, 5.74) is 2.92. The van der Waals surface area contributed by atoms with Crippen LogP contribution in [0.3, 0.4) is 0 Å². The second-order valence-electron chi connectivity index (χ2n) is 6.10. The predicted molar refractivity (Wildman–Crippen MR) is 103 cm³/mol. The molecule has 0 radical (unpaired) electrons. The summed E-state index contributed by atoms with van der Waals surface area (Å²) in [6, 6.07) is 7.89. The van der Waals surface area contributed by atoms with E-state index in [1.165, 1.54) is 0 Å². The van der Waals surface area contributed by atoms with Gasteiger partial charge in [-0.15, -0.1) is 0 Å². The van der Waals surface area contributed by atoms with Gasteiger partial charge in [0.2, 0.25) is 5.95 Å². The lowest BCUT2D eigenvalue weighted by atomic mass is 10.1. The molecule has 0 amide bonds. The number of methoxy groups -OCH3 is 1. The van der Waals surface area contributed by atoms with E-state index in [4.69, 9.17) is 4.74 Å². The lowest BCUT2D eigenvalue weighted by Gasteiger charge is -2.14. The molecule has 3 N–H and O–H groups in total. The molecule has 1 heterocycles. The van der Waals surface area contributed by atoms with Crippen molar-refractivity contribution >= 4 is 17.5 Å². The fourth-order valence-electron chi connectivity index (χ4n) is 2.40. The van der Waals surface area contributed by atoms with E-state index in [1.54, 1.807) is 7.11 Å². The third-order valence-electron chi connectivity index (χ3n) is 3.70. The van der Waals surface area contributed by atoms with E-state index in [1.807, 2.05) is 32.2 Å². The molecule has 0 bridgehead atoms. The van der Waals surface area contributed by atoms with Crippen LogP contribution in [0.5, 0.6) is 5.75 Å². The number of rotatable bonds is 9. The molecule has 1 aromatic heterocycles. The van der Waals surface area contributed by atoms with Gasteiger partial charge in [0.25, 0.3) is 0 Å². The Morgan fingerprint density at radius 1 is 1.16 bits per heavy atom. The van der Waals surface area contributed by atoms with E-state index in [-0.39, 0.29) is 0 Å². The highest BCUT2D eigenvalue weighted by molar-refractivity contribution is 5.58. The molecule has 0 aliphatic carbocycles. The highest BCUT2D eigenvalue weighted by Gasteiger charge is 2.07. The molecular formula is C18H28N6O. The first-order chi connectivity index (χ1) is 12.0. The Hall–Kier alpha value is -2.38. The average molecular weight is 344 g/mol. The van der Waals surface area contributed by atoms with Crippen LogP contribution in [-0.2, 0) is 6.54 Å². The molecule has 0 saturated carbocycles. The van der Waals surface area contributed by atoms with E-state index in [0.29, 0.717) is 5.95 Å². The molecule has 0 aliphatic heterocycles. The molecule has 0 saturated heterocycles. The van der Waals surface area contributed by atoms with Crippen molar-refractivity contribution < 1.29 is 4.74 Å². The predicted octanol–water partition coefficient (Wildman–Crippen LogP) is 2.23. The molecule has 0 spiro atoms. The largest absolute Gasteiger partial charge is 0.496 e. The summed E-state index contributed by atoms with van der Waals surface area (Å²) in [5, 5.41) is 9.74. The Morgan fingerprint density at radius 2 is 1.96 bits per heavy atom. The fraction of sp³-hybridized carbons (Fsp3) is 0.444. The zero-order valence-corrected chi connectivity index (χ0v) is 15.7. The van der Waals surface area contributed by atoms with Crippen LogP contribution in [0.1, 0.15) is 11.3 Å². The normalized spacial score (nSPS) is 10.8. The molecule has 7 heteroatoms. The maximum absolute atomic E-state index is 5.46. The molecule has 2 rings (SSSR count). The van der Waals surface area contributed by atoms with Crippen molar-refractivity contribution in [1.82, 2.24) is 20.2 Å². The van der Waals surface area contributed by atoms with Gasteiger partial charge >= 0.3 is 0 Å². The van der Waals surface area contributed by atoms with Gasteiger partial charge in [-0.1, -0.05) is 0 Å². The lowest BCUT2D eigenvalue weighted by Crippen LogP contribution is -2.26. The van der Waals surface area contributed by atoms with Gasteiger partial charge in [-0.05, 0) is 39.2 Å². The number of aryl methyl sites for hydroxylation is 1. The number of nitrogens with one attached hydrogen (secondary N) is 3. The number of anilines is 3. The number of aromatic nitrogens is 2. The third-order valence-corrected chi connectivity index (χ3v) is 3.70. The summed E-state index contributed by atoms with van der Waals surface area (Å²) in [5.74, 6) is 2.22. The summed E-state index contributed by atoms with van der Waals surface area (Å²) in [6.45, 7) is 4.59. The van der Waals surface area contributed by atoms with Crippen molar-refractivity contribution in [2.75, 3.05) is 52.0 Å². The fourth-order valence-corrected chi connectivity index (χ4v) is 2.40. The van der Waals surface area contributed by atoms with E-state index in [9.17, 15) is 0 Å². The standard InChI is InChI=1S/C18H28N6O/c1-13-10-17(19-2)23-18(21-13)22-15-6-7-16(25-5)14(11-15)12-20-8-9-24(3)4/h6-7,10-11,20H,8-9,12H2,1-5H3,(H2,19,21,22,23). The zero-order chi connectivity index (χ0) is 18.2. The molecule has 136 valence electrons. The third kappa shape index (κ3) is 5.88.